The second-order valence-corrected chi connectivity index (χ2v) is 4.29. The first kappa shape index (κ1) is 13.4. The second kappa shape index (κ2) is 6.02. The predicted molar refractivity (Wildman–Crippen MR) is 60.3 cm³/mol. The van der Waals surface area contributed by atoms with Gasteiger partial charge < -0.3 is 10.2 Å². The summed E-state index contributed by atoms with van der Waals surface area (Å²) in [7, 11) is 0. The van der Waals surface area contributed by atoms with E-state index in [2.05, 4.69) is 5.32 Å². The molecule has 0 unspecified atom stereocenters. The van der Waals surface area contributed by atoms with E-state index in [4.69, 9.17) is 0 Å². The third-order valence-electron chi connectivity index (χ3n) is 2.05. The molecule has 3 nitrogen and oxygen atoms in total. The molecule has 0 aromatic heterocycles. The van der Waals surface area contributed by atoms with Gasteiger partial charge in [-0.25, -0.2) is 0 Å². The van der Waals surface area contributed by atoms with Crippen molar-refractivity contribution in [1.29, 1.82) is 0 Å². The molecule has 0 aromatic rings. The van der Waals surface area contributed by atoms with Crippen LogP contribution in [0.5, 0.6) is 0 Å². The summed E-state index contributed by atoms with van der Waals surface area (Å²) >= 11 is 0. The van der Waals surface area contributed by atoms with Crippen LogP contribution in [-0.4, -0.2) is 37.0 Å². The minimum absolute atomic E-state index is 0.225. The molecule has 1 heterocycles. The number of hydrogen-bond donors (Lipinski definition) is 1. The van der Waals surface area contributed by atoms with Crippen LogP contribution in [0.25, 0.3) is 0 Å². The van der Waals surface area contributed by atoms with Crippen LogP contribution < -0.4 is 5.32 Å². The molecule has 1 aliphatic heterocycles. The highest BCUT2D eigenvalue weighted by molar-refractivity contribution is 5.81. The number of carbonyl (C=O) groups is 1. The lowest BCUT2D eigenvalue weighted by atomic mass is 9.94. The van der Waals surface area contributed by atoms with Gasteiger partial charge in [0.2, 0.25) is 5.91 Å². The van der Waals surface area contributed by atoms with Crippen LogP contribution in [0.1, 0.15) is 34.6 Å². The van der Waals surface area contributed by atoms with Crippen molar-refractivity contribution in [2.75, 3.05) is 26.2 Å². The summed E-state index contributed by atoms with van der Waals surface area (Å²) in [5.74, 6) is 0.268. The van der Waals surface area contributed by atoms with E-state index >= 15 is 0 Å². The molecule has 3 heteroatoms. The van der Waals surface area contributed by atoms with Gasteiger partial charge >= 0.3 is 0 Å². The fraction of sp³-hybridized carbons (Fsp3) is 0.909. The largest absolute Gasteiger partial charge is 0.340 e. The summed E-state index contributed by atoms with van der Waals surface area (Å²) in [5.41, 5.74) is -0.225. The topological polar surface area (TPSA) is 32.3 Å². The monoisotopic (exact) mass is 200 g/mol. The first-order valence-electron chi connectivity index (χ1n) is 5.52. The molecule has 14 heavy (non-hydrogen) atoms. The molecule has 1 N–H and O–H groups in total. The van der Waals surface area contributed by atoms with Crippen molar-refractivity contribution in [1.82, 2.24) is 10.2 Å². The van der Waals surface area contributed by atoms with Gasteiger partial charge in [-0.1, -0.05) is 34.6 Å². The normalized spacial score (nSPS) is 17.1. The summed E-state index contributed by atoms with van der Waals surface area (Å²) < 4.78 is 0. The molecule has 0 atom stereocenters. The Hall–Kier alpha value is -0.570. The van der Waals surface area contributed by atoms with Crippen LogP contribution in [-0.2, 0) is 4.79 Å². The third-order valence-corrected chi connectivity index (χ3v) is 2.05. The Morgan fingerprint density at radius 2 is 1.57 bits per heavy atom. The third kappa shape index (κ3) is 4.09. The molecule has 0 aliphatic carbocycles. The van der Waals surface area contributed by atoms with E-state index in [0.29, 0.717) is 0 Å². The van der Waals surface area contributed by atoms with Crippen LogP contribution in [0.4, 0.5) is 0 Å². The number of amides is 1. The van der Waals surface area contributed by atoms with E-state index < -0.39 is 0 Å². The van der Waals surface area contributed by atoms with Gasteiger partial charge in [0.15, 0.2) is 0 Å². The van der Waals surface area contributed by atoms with Crippen LogP contribution in [0.2, 0.25) is 0 Å². The standard InChI is InChI=1S/C9H18N2O.C2H6/c1-9(2,3)8(12)11-6-4-10-5-7-11;1-2/h10H,4-7H2,1-3H3;1-2H3. The molecule has 1 fully saturated rings. The zero-order valence-electron chi connectivity index (χ0n) is 10.2. The molecule has 0 radical (unpaired) electrons. The maximum Gasteiger partial charge on any atom is 0.228 e. The maximum absolute atomic E-state index is 11.7. The Labute approximate surface area is 87.9 Å². The van der Waals surface area contributed by atoms with E-state index in [-0.39, 0.29) is 11.3 Å². The van der Waals surface area contributed by atoms with Crippen molar-refractivity contribution in [3.05, 3.63) is 0 Å². The lowest BCUT2D eigenvalue weighted by Gasteiger charge is -2.32. The Balaban J connectivity index is 0.000000791. The summed E-state index contributed by atoms with van der Waals surface area (Å²) in [6, 6.07) is 0. The van der Waals surface area contributed by atoms with Gasteiger partial charge in [0.1, 0.15) is 0 Å². The quantitative estimate of drug-likeness (QED) is 0.642. The first-order valence-corrected chi connectivity index (χ1v) is 5.52. The summed E-state index contributed by atoms with van der Waals surface area (Å²) in [4.78, 5) is 13.7. The van der Waals surface area contributed by atoms with Gasteiger partial charge in [-0.05, 0) is 0 Å². The highest BCUT2D eigenvalue weighted by atomic mass is 16.2. The van der Waals surface area contributed by atoms with Crippen molar-refractivity contribution in [3.8, 4) is 0 Å². The molecule has 0 bridgehead atoms. The van der Waals surface area contributed by atoms with Crippen molar-refractivity contribution in [3.63, 3.8) is 0 Å². The molecule has 0 spiro atoms. The van der Waals surface area contributed by atoms with Crippen molar-refractivity contribution in [2.24, 2.45) is 5.41 Å². The van der Waals surface area contributed by atoms with Gasteiger partial charge in [0.25, 0.3) is 0 Å². The smallest absolute Gasteiger partial charge is 0.228 e. The van der Waals surface area contributed by atoms with E-state index in [0.717, 1.165) is 26.2 Å². The highest BCUT2D eigenvalue weighted by Crippen LogP contribution is 2.17. The van der Waals surface area contributed by atoms with Gasteiger partial charge in [0.05, 0.1) is 0 Å². The molecule has 1 aliphatic rings. The van der Waals surface area contributed by atoms with E-state index in [1.54, 1.807) is 0 Å². The number of hydrogen-bond acceptors (Lipinski definition) is 2. The van der Waals surface area contributed by atoms with E-state index in [9.17, 15) is 4.79 Å². The number of rotatable bonds is 0. The number of nitrogens with one attached hydrogen (secondary N) is 1. The average Bonchev–Trinajstić information content (AvgIpc) is 2.20. The number of piperazine rings is 1. The molecule has 1 saturated heterocycles. The van der Waals surface area contributed by atoms with Gasteiger partial charge in [0, 0.05) is 31.6 Å². The average molecular weight is 200 g/mol. The van der Waals surface area contributed by atoms with Gasteiger partial charge in [-0.15, -0.1) is 0 Å². The Morgan fingerprint density at radius 1 is 1.14 bits per heavy atom. The molecule has 84 valence electrons. The second-order valence-electron chi connectivity index (χ2n) is 4.29. The first-order chi connectivity index (χ1) is 6.52. The minimum atomic E-state index is -0.225. The Kier molecular flexibility index (Phi) is 5.77. The maximum atomic E-state index is 11.7. The summed E-state index contributed by atoms with van der Waals surface area (Å²) in [5, 5.41) is 3.23. The highest BCUT2D eigenvalue weighted by Gasteiger charge is 2.27. The molecule has 0 saturated carbocycles. The fourth-order valence-electron chi connectivity index (χ4n) is 1.34. The van der Waals surface area contributed by atoms with Crippen molar-refractivity contribution >= 4 is 5.91 Å². The number of nitrogens with zero attached hydrogens (tertiary/aromatic N) is 1. The lowest BCUT2D eigenvalue weighted by molar-refractivity contribution is -0.140. The number of carbonyl (C=O) groups excluding carboxylic acids is 1. The molecule has 0 aromatic carbocycles. The Morgan fingerprint density at radius 3 is 1.93 bits per heavy atom. The molecular weight excluding hydrogens is 176 g/mol. The zero-order valence-corrected chi connectivity index (χ0v) is 10.2. The molecular formula is C11H24N2O. The van der Waals surface area contributed by atoms with E-state index in [1.165, 1.54) is 0 Å². The molecule has 1 amide bonds. The lowest BCUT2D eigenvalue weighted by Crippen LogP contribution is -2.49. The van der Waals surface area contributed by atoms with Crippen molar-refractivity contribution < 1.29 is 4.79 Å². The molecule has 1 rings (SSSR count). The van der Waals surface area contributed by atoms with Crippen LogP contribution >= 0.6 is 0 Å². The van der Waals surface area contributed by atoms with Crippen LogP contribution in [0.3, 0.4) is 0 Å². The zero-order chi connectivity index (χ0) is 11.2. The van der Waals surface area contributed by atoms with Gasteiger partial charge in [-0.2, -0.15) is 0 Å². The SMILES string of the molecule is CC.CC(C)(C)C(=O)N1CCNCC1. The minimum Gasteiger partial charge on any atom is -0.340 e. The Bertz CT molecular complexity index is 167. The summed E-state index contributed by atoms with van der Waals surface area (Å²) in [6.45, 7) is 13.5. The fourth-order valence-corrected chi connectivity index (χ4v) is 1.34. The summed E-state index contributed by atoms with van der Waals surface area (Å²) in [6.07, 6.45) is 0. The van der Waals surface area contributed by atoms with Crippen LogP contribution in [0, 0.1) is 5.41 Å². The van der Waals surface area contributed by atoms with Crippen LogP contribution in [0.15, 0.2) is 0 Å². The van der Waals surface area contributed by atoms with Crippen molar-refractivity contribution in [2.45, 2.75) is 34.6 Å². The van der Waals surface area contributed by atoms with Gasteiger partial charge in [-0.3, -0.25) is 4.79 Å². The van der Waals surface area contributed by atoms with E-state index in [1.807, 2.05) is 39.5 Å². The predicted octanol–water partition coefficient (Wildman–Crippen LogP) is 1.49.